The van der Waals surface area contributed by atoms with Gasteiger partial charge in [0.1, 0.15) is 23.2 Å². The zero-order chi connectivity index (χ0) is 24.6. The number of benzene rings is 2. The second-order valence-corrected chi connectivity index (χ2v) is 9.10. The lowest BCUT2D eigenvalue weighted by atomic mass is 10.1. The highest BCUT2D eigenvalue weighted by molar-refractivity contribution is 5.78. The first-order valence-corrected chi connectivity index (χ1v) is 12.1. The van der Waals surface area contributed by atoms with E-state index in [0.717, 1.165) is 36.3 Å². The van der Waals surface area contributed by atoms with Gasteiger partial charge < -0.3 is 14.1 Å². The van der Waals surface area contributed by atoms with Gasteiger partial charge in [0.15, 0.2) is 0 Å². The fourth-order valence-electron chi connectivity index (χ4n) is 4.42. The Balaban J connectivity index is 1.49. The van der Waals surface area contributed by atoms with Crippen LogP contribution in [0, 0.1) is 18.6 Å². The summed E-state index contributed by atoms with van der Waals surface area (Å²) in [5.74, 6) is 0.429. The number of halogens is 2. The number of furan rings is 1. The van der Waals surface area contributed by atoms with Gasteiger partial charge in [-0.3, -0.25) is 9.69 Å². The number of hydrogen-bond donors (Lipinski definition) is 0. The molecule has 7 heteroatoms. The third-order valence-electron chi connectivity index (χ3n) is 6.26. The molecule has 2 aromatic carbocycles. The molecular formula is C28H32F2N2O3. The maximum absolute atomic E-state index is 14.4. The number of hydrogen-bond acceptors (Lipinski definition) is 4. The van der Waals surface area contributed by atoms with Crippen molar-refractivity contribution < 1.29 is 22.7 Å². The fraction of sp³-hybridized carbons (Fsp3) is 0.393. The second-order valence-electron chi connectivity index (χ2n) is 9.10. The summed E-state index contributed by atoms with van der Waals surface area (Å²) in [5, 5.41) is 0. The molecule has 1 unspecified atom stereocenters. The molecule has 1 aromatic heterocycles. The van der Waals surface area contributed by atoms with Gasteiger partial charge in [-0.15, -0.1) is 0 Å². The van der Waals surface area contributed by atoms with E-state index >= 15 is 0 Å². The SMILES string of the molecule is Cc1ccc(CN(CCc2ccccc2)C(=O)CN(Cc2cc(F)ccc2F)CC2CCCO2)o1. The Labute approximate surface area is 205 Å². The van der Waals surface area contributed by atoms with Gasteiger partial charge in [-0.2, -0.15) is 0 Å². The molecule has 0 N–H and O–H groups in total. The number of rotatable bonds is 11. The largest absolute Gasteiger partial charge is 0.464 e. The highest BCUT2D eigenvalue weighted by atomic mass is 19.1. The summed E-state index contributed by atoms with van der Waals surface area (Å²) in [5.41, 5.74) is 1.37. The van der Waals surface area contributed by atoms with Crippen LogP contribution in [0.15, 0.2) is 65.1 Å². The van der Waals surface area contributed by atoms with E-state index < -0.39 is 11.6 Å². The number of carbonyl (C=O) groups excluding carboxylic acids is 1. The molecule has 1 aliphatic rings. The van der Waals surface area contributed by atoms with E-state index in [1.807, 2.05) is 54.3 Å². The van der Waals surface area contributed by atoms with Crippen molar-refractivity contribution in [1.82, 2.24) is 9.80 Å². The van der Waals surface area contributed by atoms with Crippen LogP contribution >= 0.6 is 0 Å². The van der Waals surface area contributed by atoms with Crippen LogP contribution in [0.3, 0.4) is 0 Å². The molecule has 186 valence electrons. The van der Waals surface area contributed by atoms with E-state index in [-0.39, 0.29) is 30.7 Å². The normalized spacial score (nSPS) is 15.6. The van der Waals surface area contributed by atoms with Gasteiger partial charge in [0.2, 0.25) is 5.91 Å². The van der Waals surface area contributed by atoms with Gasteiger partial charge in [-0.1, -0.05) is 30.3 Å². The molecule has 1 atom stereocenters. The topological polar surface area (TPSA) is 45.9 Å². The molecule has 2 heterocycles. The average Bonchev–Trinajstić information content (AvgIpc) is 3.51. The molecule has 3 aromatic rings. The zero-order valence-corrected chi connectivity index (χ0v) is 20.1. The molecule has 0 bridgehead atoms. The van der Waals surface area contributed by atoms with E-state index in [4.69, 9.17) is 9.15 Å². The number of amides is 1. The van der Waals surface area contributed by atoms with Gasteiger partial charge in [-0.05, 0) is 62.1 Å². The van der Waals surface area contributed by atoms with Crippen molar-refractivity contribution in [2.45, 2.75) is 45.4 Å². The minimum atomic E-state index is -0.498. The molecule has 4 rings (SSSR count). The molecule has 1 amide bonds. The Hall–Kier alpha value is -3.03. The van der Waals surface area contributed by atoms with Gasteiger partial charge >= 0.3 is 0 Å². The molecule has 5 nitrogen and oxygen atoms in total. The summed E-state index contributed by atoms with van der Waals surface area (Å²) in [4.78, 5) is 17.2. The van der Waals surface area contributed by atoms with Crippen molar-refractivity contribution >= 4 is 5.91 Å². The first-order chi connectivity index (χ1) is 17.0. The highest BCUT2D eigenvalue weighted by Gasteiger charge is 2.24. The Morgan fingerprint density at radius 2 is 1.89 bits per heavy atom. The lowest BCUT2D eigenvalue weighted by Crippen LogP contribution is -2.43. The van der Waals surface area contributed by atoms with Gasteiger partial charge in [-0.25, -0.2) is 8.78 Å². The molecular weight excluding hydrogens is 450 g/mol. The molecule has 1 saturated heterocycles. The van der Waals surface area contributed by atoms with E-state index in [2.05, 4.69) is 0 Å². The third kappa shape index (κ3) is 7.47. The molecule has 0 saturated carbocycles. The number of aryl methyl sites for hydroxylation is 1. The monoisotopic (exact) mass is 482 g/mol. The smallest absolute Gasteiger partial charge is 0.237 e. The van der Waals surface area contributed by atoms with E-state index in [1.165, 1.54) is 6.07 Å². The number of nitrogens with zero attached hydrogens (tertiary/aromatic N) is 2. The van der Waals surface area contributed by atoms with Gasteiger partial charge in [0.25, 0.3) is 0 Å². The number of ether oxygens (including phenoxy) is 1. The second kappa shape index (κ2) is 12.1. The summed E-state index contributed by atoms with van der Waals surface area (Å²) >= 11 is 0. The maximum atomic E-state index is 14.4. The molecule has 0 spiro atoms. The molecule has 35 heavy (non-hydrogen) atoms. The van der Waals surface area contributed by atoms with Gasteiger partial charge in [0, 0.05) is 31.8 Å². The summed E-state index contributed by atoms with van der Waals surface area (Å²) in [6.07, 6.45) is 2.53. The Morgan fingerprint density at radius 1 is 1.06 bits per heavy atom. The molecule has 1 aliphatic heterocycles. The first-order valence-electron chi connectivity index (χ1n) is 12.1. The summed E-state index contributed by atoms with van der Waals surface area (Å²) in [7, 11) is 0. The maximum Gasteiger partial charge on any atom is 0.237 e. The van der Waals surface area contributed by atoms with Crippen LogP contribution in [-0.4, -0.2) is 48.1 Å². The van der Waals surface area contributed by atoms with Crippen LogP contribution in [0.2, 0.25) is 0 Å². The van der Waals surface area contributed by atoms with Crippen LogP contribution in [0.25, 0.3) is 0 Å². The Kier molecular flexibility index (Phi) is 8.66. The van der Waals surface area contributed by atoms with E-state index in [1.54, 1.807) is 4.90 Å². The van der Waals surface area contributed by atoms with Crippen molar-refractivity contribution in [2.75, 3.05) is 26.2 Å². The highest BCUT2D eigenvalue weighted by Crippen LogP contribution is 2.18. The van der Waals surface area contributed by atoms with E-state index in [9.17, 15) is 13.6 Å². The van der Waals surface area contributed by atoms with Crippen LogP contribution in [0.1, 0.15) is 35.5 Å². The van der Waals surface area contributed by atoms with Gasteiger partial charge in [0.05, 0.1) is 19.2 Å². The van der Waals surface area contributed by atoms with Crippen molar-refractivity contribution in [3.8, 4) is 0 Å². The number of carbonyl (C=O) groups is 1. The predicted octanol–water partition coefficient (Wildman–Crippen LogP) is 5.12. The lowest BCUT2D eigenvalue weighted by molar-refractivity contribution is -0.133. The van der Waals surface area contributed by atoms with Crippen LogP contribution in [0.4, 0.5) is 8.78 Å². The summed E-state index contributed by atoms with van der Waals surface area (Å²) < 4.78 is 39.7. The lowest BCUT2D eigenvalue weighted by Gasteiger charge is -2.29. The predicted molar refractivity (Wildman–Crippen MR) is 130 cm³/mol. The van der Waals surface area contributed by atoms with Crippen molar-refractivity contribution in [3.05, 3.63) is 94.9 Å². The van der Waals surface area contributed by atoms with Crippen LogP contribution in [0.5, 0.6) is 0 Å². The molecule has 1 fully saturated rings. The minimum absolute atomic E-state index is 0.0232. The summed E-state index contributed by atoms with van der Waals surface area (Å²) in [6.45, 7) is 4.10. The fourth-order valence-corrected chi connectivity index (χ4v) is 4.42. The summed E-state index contributed by atoms with van der Waals surface area (Å²) in [6, 6.07) is 17.2. The van der Waals surface area contributed by atoms with Crippen LogP contribution in [-0.2, 0) is 29.0 Å². The molecule has 0 radical (unpaired) electrons. The quantitative estimate of drug-likeness (QED) is 0.381. The van der Waals surface area contributed by atoms with E-state index in [0.29, 0.717) is 38.4 Å². The minimum Gasteiger partial charge on any atom is -0.464 e. The standard InChI is InChI=1S/C28H32F2N2O3/c1-21-9-11-26(35-21)19-32(14-13-22-6-3-2-4-7-22)28(33)20-31(18-25-8-5-15-34-25)17-23-16-24(29)10-12-27(23)30/h2-4,6-7,9-12,16,25H,5,8,13-15,17-20H2,1H3. The average molecular weight is 483 g/mol. The van der Waals surface area contributed by atoms with Crippen molar-refractivity contribution in [3.63, 3.8) is 0 Å². The Morgan fingerprint density at radius 3 is 2.60 bits per heavy atom. The Bertz CT molecular complexity index is 1100. The first kappa shape index (κ1) is 25.1. The van der Waals surface area contributed by atoms with Crippen LogP contribution < -0.4 is 0 Å². The zero-order valence-electron chi connectivity index (χ0n) is 20.1. The van der Waals surface area contributed by atoms with Crippen molar-refractivity contribution in [2.24, 2.45) is 0 Å². The molecule has 0 aliphatic carbocycles. The van der Waals surface area contributed by atoms with Crippen molar-refractivity contribution in [1.29, 1.82) is 0 Å². The third-order valence-corrected chi connectivity index (χ3v) is 6.26.